The van der Waals surface area contributed by atoms with Crippen LogP contribution in [0.2, 0.25) is 0 Å². The standard InChI is InChI=1S/C15H18N2S/c1-2-15(18-11-1)14-5-3-13(4-6-14)12-17-9-7-16-8-10-17/h1-6,11,16H,7-10,12H2. The fraction of sp³-hybridized carbons (Fsp3) is 0.333. The average Bonchev–Trinajstić information content (AvgIpc) is 2.95. The van der Waals surface area contributed by atoms with Gasteiger partial charge >= 0.3 is 0 Å². The molecule has 2 aromatic rings. The van der Waals surface area contributed by atoms with Crippen molar-refractivity contribution in [1.29, 1.82) is 0 Å². The van der Waals surface area contributed by atoms with Crippen molar-refractivity contribution in [2.24, 2.45) is 0 Å². The van der Waals surface area contributed by atoms with Crippen molar-refractivity contribution in [2.45, 2.75) is 6.54 Å². The van der Waals surface area contributed by atoms with Crippen LogP contribution >= 0.6 is 11.3 Å². The van der Waals surface area contributed by atoms with E-state index in [-0.39, 0.29) is 0 Å². The Bertz CT molecular complexity index is 470. The van der Waals surface area contributed by atoms with Crippen LogP contribution in [0.3, 0.4) is 0 Å². The highest BCUT2D eigenvalue weighted by atomic mass is 32.1. The molecule has 1 N–H and O–H groups in total. The number of nitrogens with zero attached hydrogens (tertiary/aromatic N) is 1. The highest BCUT2D eigenvalue weighted by Crippen LogP contribution is 2.24. The third-order valence-corrected chi connectivity index (χ3v) is 4.29. The van der Waals surface area contributed by atoms with Crippen LogP contribution in [-0.2, 0) is 6.54 Å². The van der Waals surface area contributed by atoms with Gasteiger partial charge < -0.3 is 5.32 Å². The monoisotopic (exact) mass is 258 g/mol. The highest BCUT2D eigenvalue weighted by Gasteiger charge is 2.09. The Hall–Kier alpha value is -1.16. The first-order valence-electron chi connectivity index (χ1n) is 6.48. The minimum Gasteiger partial charge on any atom is -0.314 e. The van der Waals surface area contributed by atoms with E-state index in [4.69, 9.17) is 0 Å². The molecule has 0 bridgehead atoms. The Morgan fingerprint density at radius 2 is 1.83 bits per heavy atom. The van der Waals surface area contributed by atoms with E-state index in [1.807, 2.05) is 0 Å². The zero-order valence-corrected chi connectivity index (χ0v) is 11.2. The largest absolute Gasteiger partial charge is 0.314 e. The summed E-state index contributed by atoms with van der Waals surface area (Å²) in [4.78, 5) is 3.86. The molecule has 0 unspecified atom stereocenters. The van der Waals surface area contributed by atoms with Crippen LogP contribution < -0.4 is 5.32 Å². The highest BCUT2D eigenvalue weighted by molar-refractivity contribution is 7.13. The predicted octanol–water partition coefficient (Wildman–Crippen LogP) is 2.82. The summed E-state index contributed by atoms with van der Waals surface area (Å²) in [6.07, 6.45) is 0. The first-order chi connectivity index (χ1) is 8.92. The van der Waals surface area contributed by atoms with Crippen LogP contribution in [0.25, 0.3) is 10.4 Å². The van der Waals surface area contributed by atoms with Gasteiger partial charge in [-0.1, -0.05) is 30.3 Å². The number of hydrogen-bond acceptors (Lipinski definition) is 3. The summed E-state index contributed by atoms with van der Waals surface area (Å²) in [5, 5.41) is 5.52. The van der Waals surface area contributed by atoms with Gasteiger partial charge in [0, 0.05) is 37.6 Å². The van der Waals surface area contributed by atoms with Crippen molar-refractivity contribution in [1.82, 2.24) is 10.2 Å². The molecule has 1 aliphatic heterocycles. The van der Waals surface area contributed by atoms with Crippen LogP contribution in [0, 0.1) is 0 Å². The second-order valence-electron chi connectivity index (χ2n) is 4.70. The normalized spacial score (nSPS) is 16.9. The Kier molecular flexibility index (Phi) is 3.74. The smallest absolute Gasteiger partial charge is 0.0342 e. The molecule has 0 aliphatic carbocycles. The second kappa shape index (κ2) is 5.65. The Morgan fingerprint density at radius 1 is 1.06 bits per heavy atom. The summed E-state index contributed by atoms with van der Waals surface area (Å²) in [7, 11) is 0. The fourth-order valence-corrected chi connectivity index (χ4v) is 3.08. The summed E-state index contributed by atoms with van der Waals surface area (Å²) in [5.74, 6) is 0. The minimum absolute atomic E-state index is 1.08. The van der Waals surface area contributed by atoms with Crippen LogP contribution in [-0.4, -0.2) is 31.1 Å². The Morgan fingerprint density at radius 3 is 2.50 bits per heavy atom. The van der Waals surface area contributed by atoms with Gasteiger partial charge in [0.2, 0.25) is 0 Å². The van der Waals surface area contributed by atoms with Crippen molar-refractivity contribution in [3.05, 3.63) is 47.3 Å². The van der Waals surface area contributed by atoms with Crippen molar-refractivity contribution in [2.75, 3.05) is 26.2 Å². The lowest BCUT2D eigenvalue weighted by molar-refractivity contribution is 0.233. The van der Waals surface area contributed by atoms with Crippen LogP contribution in [0.5, 0.6) is 0 Å². The molecule has 18 heavy (non-hydrogen) atoms. The molecule has 2 nitrogen and oxygen atoms in total. The maximum Gasteiger partial charge on any atom is 0.0342 e. The van der Waals surface area contributed by atoms with Gasteiger partial charge in [-0.25, -0.2) is 0 Å². The lowest BCUT2D eigenvalue weighted by Gasteiger charge is -2.27. The number of rotatable bonds is 3. The summed E-state index contributed by atoms with van der Waals surface area (Å²) in [6.45, 7) is 5.63. The molecular weight excluding hydrogens is 240 g/mol. The maximum absolute atomic E-state index is 3.39. The van der Waals surface area contributed by atoms with Crippen molar-refractivity contribution < 1.29 is 0 Å². The van der Waals surface area contributed by atoms with Gasteiger partial charge in [0.05, 0.1) is 0 Å². The number of thiophene rings is 1. The third kappa shape index (κ3) is 2.80. The maximum atomic E-state index is 3.39. The molecule has 1 aliphatic rings. The van der Waals surface area contributed by atoms with E-state index in [1.54, 1.807) is 11.3 Å². The zero-order chi connectivity index (χ0) is 12.2. The van der Waals surface area contributed by atoms with E-state index in [2.05, 4.69) is 52.0 Å². The summed E-state index contributed by atoms with van der Waals surface area (Å²) < 4.78 is 0. The molecule has 3 heteroatoms. The molecule has 0 atom stereocenters. The topological polar surface area (TPSA) is 15.3 Å². The van der Waals surface area contributed by atoms with Crippen LogP contribution in [0.4, 0.5) is 0 Å². The molecule has 1 aromatic heterocycles. The molecule has 1 saturated heterocycles. The number of piperazine rings is 1. The van der Waals surface area contributed by atoms with Gasteiger partial charge in [-0.05, 0) is 22.6 Å². The van der Waals surface area contributed by atoms with E-state index in [9.17, 15) is 0 Å². The van der Waals surface area contributed by atoms with Gasteiger partial charge in [0.25, 0.3) is 0 Å². The quantitative estimate of drug-likeness (QED) is 0.910. The molecular formula is C15H18N2S. The summed E-state index contributed by atoms with van der Waals surface area (Å²) in [5.41, 5.74) is 2.74. The zero-order valence-electron chi connectivity index (χ0n) is 10.4. The van der Waals surface area contributed by atoms with E-state index in [1.165, 1.54) is 16.0 Å². The summed E-state index contributed by atoms with van der Waals surface area (Å²) in [6, 6.07) is 13.3. The third-order valence-electron chi connectivity index (χ3n) is 3.38. The lowest BCUT2D eigenvalue weighted by atomic mass is 10.1. The lowest BCUT2D eigenvalue weighted by Crippen LogP contribution is -2.42. The molecule has 0 radical (unpaired) electrons. The van der Waals surface area contributed by atoms with Crippen LogP contribution in [0.1, 0.15) is 5.56 Å². The number of nitrogens with one attached hydrogen (secondary N) is 1. The average molecular weight is 258 g/mol. The summed E-state index contributed by atoms with van der Waals surface area (Å²) >= 11 is 1.80. The van der Waals surface area contributed by atoms with Gasteiger partial charge in [0.1, 0.15) is 0 Å². The molecule has 1 fully saturated rings. The predicted molar refractivity (Wildman–Crippen MR) is 77.9 cm³/mol. The molecule has 1 aromatic carbocycles. The molecule has 0 saturated carbocycles. The van der Waals surface area contributed by atoms with Crippen molar-refractivity contribution in [3.8, 4) is 10.4 Å². The van der Waals surface area contributed by atoms with Crippen LogP contribution in [0.15, 0.2) is 41.8 Å². The number of hydrogen-bond donors (Lipinski definition) is 1. The Balaban J connectivity index is 1.67. The van der Waals surface area contributed by atoms with Gasteiger partial charge in [-0.2, -0.15) is 0 Å². The second-order valence-corrected chi connectivity index (χ2v) is 5.65. The first kappa shape index (κ1) is 11.9. The van der Waals surface area contributed by atoms with E-state index >= 15 is 0 Å². The fourth-order valence-electron chi connectivity index (χ4n) is 2.34. The molecule has 3 rings (SSSR count). The van der Waals surface area contributed by atoms with Crippen molar-refractivity contribution in [3.63, 3.8) is 0 Å². The van der Waals surface area contributed by atoms with Gasteiger partial charge in [-0.3, -0.25) is 4.90 Å². The van der Waals surface area contributed by atoms with E-state index in [0.717, 1.165) is 32.7 Å². The van der Waals surface area contributed by atoms with Gasteiger partial charge in [-0.15, -0.1) is 11.3 Å². The SMILES string of the molecule is c1csc(-c2ccc(CN3CCNCC3)cc2)c1. The minimum atomic E-state index is 1.08. The van der Waals surface area contributed by atoms with Gasteiger partial charge in [0.15, 0.2) is 0 Å². The molecule has 0 spiro atoms. The molecule has 94 valence electrons. The molecule has 2 heterocycles. The first-order valence-corrected chi connectivity index (χ1v) is 7.36. The van der Waals surface area contributed by atoms with Crippen molar-refractivity contribution >= 4 is 11.3 Å². The molecule has 0 amide bonds. The Labute approximate surface area is 112 Å². The van der Waals surface area contributed by atoms with E-state index < -0.39 is 0 Å². The van der Waals surface area contributed by atoms with E-state index in [0.29, 0.717) is 0 Å². The number of benzene rings is 1.